The number of amides is 1. The van der Waals surface area contributed by atoms with Crippen LogP contribution in [0.3, 0.4) is 0 Å². The predicted molar refractivity (Wildman–Crippen MR) is 54.7 cm³/mol. The molecule has 0 aliphatic heterocycles. The molecule has 86 valence electrons. The third-order valence-corrected chi connectivity index (χ3v) is 2.03. The number of rotatable bonds is 3. The summed E-state index contributed by atoms with van der Waals surface area (Å²) in [6, 6.07) is -0.238. The average Bonchev–Trinajstić information content (AvgIpc) is 2.85. The number of aliphatic hydroxyl groups is 1. The van der Waals surface area contributed by atoms with Gasteiger partial charge in [-0.3, -0.25) is 0 Å². The Balaban J connectivity index is 2.38. The van der Waals surface area contributed by atoms with E-state index < -0.39 is 11.7 Å². The molecule has 5 nitrogen and oxygen atoms in total. The van der Waals surface area contributed by atoms with E-state index in [9.17, 15) is 4.79 Å². The molecule has 1 atom stereocenters. The summed E-state index contributed by atoms with van der Waals surface area (Å²) in [5, 5.41) is 16.2. The quantitative estimate of drug-likeness (QED) is 0.731. The number of hydrogen-bond acceptors (Lipinski definition) is 4. The molecule has 1 rings (SSSR count). The van der Waals surface area contributed by atoms with Gasteiger partial charge >= 0.3 is 6.09 Å². The fraction of sp³-hybridized carbons (Fsp3) is 0.900. The van der Waals surface area contributed by atoms with Crippen LogP contribution in [0.4, 0.5) is 4.79 Å². The van der Waals surface area contributed by atoms with E-state index in [1.807, 2.05) is 0 Å². The van der Waals surface area contributed by atoms with Gasteiger partial charge < -0.3 is 9.84 Å². The van der Waals surface area contributed by atoms with E-state index in [-0.39, 0.29) is 12.6 Å². The topological polar surface area (TPSA) is 71.2 Å². The van der Waals surface area contributed by atoms with Crippen LogP contribution < -0.4 is 0 Å². The lowest BCUT2D eigenvalue weighted by molar-refractivity contribution is 0.0585. The Kier molecular flexibility index (Phi) is 3.79. The largest absolute Gasteiger partial charge is 0.452 e. The SMILES string of the molecule is CC(C)(C)OC(=O)N=NC(CO)C1CC1. The number of hydrogen-bond donors (Lipinski definition) is 1. The van der Waals surface area contributed by atoms with E-state index in [4.69, 9.17) is 9.84 Å². The molecule has 0 aromatic carbocycles. The van der Waals surface area contributed by atoms with Crippen molar-refractivity contribution in [3.8, 4) is 0 Å². The lowest BCUT2D eigenvalue weighted by atomic mass is 10.2. The van der Waals surface area contributed by atoms with Gasteiger partial charge in [0.1, 0.15) is 5.60 Å². The normalized spacial score (nSPS) is 19.2. The van der Waals surface area contributed by atoms with Crippen molar-refractivity contribution < 1.29 is 14.6 Å². The highest BCUT2D eigenvalue weighted by molar-refractivity contribution is 5.67. The number of azo groups is 1. The van der Waals surface area contributed by atoms with Gasteiger partial charge in [-0.2, -0.15) is 5.11 Å². The highest BCUT2D eigenvalue weighted by Gasteiger charge is 2.31. The first kappa shape index (κ1) is 12.1. The fourth-order valence-corrected chi connectivity index (χ4v) is 1.16. The summed E-state index contributed by atoms with van der Waals surface area (Å²) >= 11 is 0. The zero-order valence-corrected chi connectivity index (χ0v) is 9.43. The zero-order chi connectivity index (χ0) is 11.5. The third-order valence-electron chi connectivity index (χ3n) is 2.03. The maximum atomic E-state index is 11.2. The van der Waals surface area contributed by atoms with Gasteiger partial charge in [0, 0.05) is 0 Å². The maximum absolute atomic E-state index is 11.2. The summed E-state index contributed by atoms with van der Waals surface area (Å²) in [6.45, 7) is 5.25. The van der Waals surface area contributed by atoms with Crippen LogP contribution in [0.15, 0.2) is 10.2 Å². The first-order valence-corrected chi connectivity index (χ1v) is 5.17. The van der Waals surface area contributed by atoms with Crippen molar-refractivity contribution in [3.63, 3.8) is 0 Å². The number of carbonyl (C=O) groups excluding carboxylic acids is 1. The number of nitrogens with zero attached hydrogens (tertiary/aromatic N) is 2. The van der Waals surface area contributed by atoms with Gasteiger partial charge in [0.2, 0.25) is 0 Å². The van der Waals surface area contributed by atoms with Gasteiger partial charge in [0.25, 0.3) is 0 Å². The maximum Gasteiger partial charge on any atom is 0.452 e. The van der Waals surface area contributed by atoms with Gasteiger partial charge in [0.05, 0.1) is 12.6 Å². The van der Waals surface area contributed by atoms with Crippen LogP contribution >= 0.6 is 0 Å². The van der Waals surface area contributed by atoms with E-state index in [0.29, 0.717) is 5.92 Å². The minimum atomic E-state index is -0.693. The molecular formula is C10H18N2O3. The van der Waals surface area contributed by atoms with Crippen molar-refractivity contribution in [2.24, 2.45) is 16.1 Å². The third kappa shape index (κ3) is 4.88. The van der Waals surface area contributed by atoms with Crippen LogP contribution in [-0.2, 0) is 4.74 Å². The standard InChI is InChI=1S/C10H18N2O3/c1-10(2,3)15-9(14)12-11-8(6-13)7-4-5-7/h7-8,13H,4-6H2,1-3H3. The van der Waals surface area contributed by atoms with Gasteiger partial charge in [-0.1, -0.05) is 5.11 Å². The summed E-state index contributed by atoms with van der Waals surface area (Å²) in [5.74, 6) is 0.390. The number of carbonyl (C=O) groups is 1. The molecule has 0 saturated heterocycles. The Bertz CT molecular complexity index is 254. The van der Waals surface area contributed by atoms with Crippen LogP contribution in [0.25, 0.3) is 0 Å². The smallest absolute Gasteiger partial charge is 0.441 e. The Labute approximate surface area is 89.5 Å². The first-order valence-electron chi connectivity index (χ1n) is 5.17. The lowest BCUT2D eigenvalue weighted by Gasteiger charge is -2.16. The van der Waals surface area contributed by atoms with Crippen LogP contribution in [-0.4, -0.2) is 29.4 Å². The van der Waals surface area contributed by atoms with Crippen molar-refractivity contribution in [2.75, 3.05) is 6.61 Å². The van der Waals surface area contributed by atoms with Gasteiger partial charge in [-0.15, -0.1) is 0 Å². The summed E-state index contributed by atoms with van der Waals surface area (Å²) in [6.07, 6.45) is 1.42. The predicted octanol–water partition coefficient (Wildman–Crippen LogP) is 2.14. The van der Waals surface area contributed by atoms with Crippen molar-refractivity contribution in [1.82, 2.24) is 0 Å². The van der Waals surface area contributed by atoms with Gasteiger partial charge in [0.15, 0.2) is 0 Å². The summed E-state index contributed by atoms with van der Waals surface area (Å²) in [4.78, 5) is 11.2. The van der Waals surface area contributed by atoms with E-state index >= 15 is 0 Å². The second-order valence-electron chi connectivity index (χ2n) is 4.78. The average molecular weight is 214 g/mol. The monoisotopic (exact) mass is 214 g/mol. The molecule has 1 aliphatic rings. The van der Waals surface area contributed by atoms with Gasteiger partial charge in [-0.25, -0.2) is 4.79 Å². The number of ether oxygens (including phenoxy) is 1. The molecule has 1 N–H and O–H groups in total. The second-order valence-corrected chi connectivity index (χ2v) is 4.78. The Morgan fingerprint density at radius 1 is 1.53 bits per heavy atom. The summed E-state index contributed by atoms with van der Waals surface area (Å²) < 4.78 is 4.95. The van der Waals surface area contributed by atoms with E-state index in [1.54, 1.807) is 20.8 Å². The Morgan fingerprint density at radius 3 is 2.53 bits per heavy atom. The fourth-order valence-electron chi connectivity index (χ4n) is 1.16. The molecule has 0 aromatic heterocycles. The van der Waals surface area contributed by atoms with Crippen LogP contribution in [0.1, 0.15) is 33.6 Å². The molecule has 1 fully saturated rings. The summed E-state index contributed by atoms with van der Waals surface area (Å²) in [7, 11) is 0. The molecule has 0 aromatic rings. The molecule has 0 radical (unpaired) electrons. The molecular weight excluding hydrogens is 196 g/mol. The number of aliphatic hydroxyl groups excluding tert-OH is 1. The summed E-state index contributed by atoms with van der Waals surface area (Å²) in [5.41, 5.74) is -0.551. The van der Waals surface area contributed by atoms with E-state index in [0.717, 1.165) is 12.8 Å². The highest BCUT2D eigenvalue weighted by Crippen LogP contribution is 2.34. The molecule has 0 bridgehead atoms. The molecule has 15 heavy (non-hydrogen) atoms. The minimum Gasteiger partial charge on any atom is -0.441 e. The van der Waals surface area contributed by atoms with Crippen molar-refractivity contribution >= 4 is 6.09 Å². The van der Waals surface area contributed by atoms with Crippen LogP contribution in [0.2, 0.25) is 0 Å². The lowest BCUT2D eigenvalue weighted by Crippen LogP contribution is -2.22. The second kappa shape index (κ2) is 4.70. The molecule has 0 spiro atoms. The molecule has 1 saturated carbocycles. The molecule has 5 heteroatoms. The van der Waals surface area contributed by atoms with Gasteiger partial charge in [-0.05, 0) is 39.5 Å². The molecule has 1 amide bonds. The molecule has 1 aliphatic carbocycles. The van der Waals surface area contributed by atoms with E-state index in [1.165, 1.54) is 0 Å². The molecule has 1 unspecified atom stereocenters. The van der Waals surface area contributed by atoms with E-state index in [2.05, 4.69) is 10.2 Å². The minimum absolute atomic E-state index is 0.0586. The zero-order valence-electron chi connectivity index (χ0n) is 9.43. The Hall–Kier alpha value is -0.970. The molecule has 0 heterocycles. The Morgan fingerprint density at radius 2 is 2.13 bits per heavy atom. The van der Waals surface area contributed by atoms with Crippen molar-refractivity contribution in [3.05, 3.63) is 0 Å². The highest BCUT2D eigenvalue weighted by atomic mass is 16.6. The van der Waals surface area contributed by atoms with Crippen molar-refractivity contribution in [2.45, 2.75) is 45.3 Å². The van der Waals surface area contributed by atoms with Crippen LogP contribution in [0.5, 0.6) is 0 Å². The van der Waals surface area contributed by atoms with Crippen LogP contribution in [0, 0.1) is 5.92 Å². The van der Waals surface area contributed by atoms with Crippen molar-refractivity contribution in [1.29, 1.82) is 0 Å². The first-order chi connectivity index (χ1) is 6.92.